The number of fused-ring (bicyclic) bond motifs is 2. The second-order valence-electron chi connectivity index (χ2n) is 9.50. The number of nitrogens with one attached hydrogen (secondary N) is 1. The van der Waals surface area contributed by atoms with Crippen LogP contribution in [0.3, 0.4) is 0 Å². The molecule has 1 atom stereocenters. The first kappa shape index (κ1) is 26.4. The van der Waals surface area contributed by atoms with Crippen LogP contribution in [0.4, 0.5) is 4.39 Å². The molecule has 10 heteroatoms. The zero-order chi connectivity index (χ0) is 27.6. The van der Waals surface area contributed by atoms with Crippen molar-refractivity contribution in [3.8, 4) is 11.3 Å². The van der Waals surface area contributed by atoms with Crippen molar-refractivity contribution in [2.75, 3.05) is 5.75 Å². The number of aryl methyl sites for hydroxylation is 1. The van der Waals surface area contributed by atoms with Crippen molar-refractivity contribution in [3.63, 3.8) is 0 Å². The standard InChI is InChI=1S/C29H26FN3O5S/c30-20-12-9-18(10-13-20)28-24(6-2-4-8-27(34)35)31-25-17-19(11-14-23(25)32-28)29(36)33-22-15-16-39(37,38)26-7-3-1-5-21(22)26/h1,3,5,7,9-14,17,22H,2,4,6,8,15-16H2,(H,33,36)(H,34,35)/t22-/m0/s1. The summed E-state index contributed by atoms with van der Waals surface area (Å²) >= 11 is 0. The maximum absolute atomic E-state index is 13.5. The maximum atomic E-state index is 13.5. The number of unbranched alkanes of at least 4 members (excludes halogenated alkanes) is 1. The molecular weight excluding hydrogens is 521 g/mol. The molecule has 1 aliphatic rings. The summed E-state index contributed by atoms with van der Waals surface area (Å²) in [4.78, 5) is 33.9. The number of nitrogens with zero attached hydrogens (tertiary/aromatic N) is 2. The zero-order valence-corrected chi connectivity index (χ0v) is 21.7. The van der Waals surface area contributed by atoms with E-state index >= 15 is 0 Å². The van der Waals surface area contributed by atoms with Crippen LogP contribution in [0, 0.1) is 5.82 Å². The maximum Gasteiger partial charge on any atom is 0.303 e. The Balaban J connectivity index is 1.44. The summed E-state index contributed by atoms with van der Waals surface area (Å²) in [5, 5.41) is 11.9. The van der Waals surface area contributed by atoms with Crippen molar-refractivity contribution in [2.45, 2.75) is 43.0 Å². The van der Waals surface area contributed by atoms with Gasteiger partial charge in [-0.05, 0) is 79.8 Å². The lowest BCUT2D eigenvalue weighted by Gasteiger charge is -2.26. The SMILES string of the molecule is O=C(O)CCCCc1nc2cc(C(=O)N[C@H]3CCS(=O)(=O)c4ccccc43)ccc2nc1-c1ccc(F)cc1. The number of aromatic nitrogens is 2. The molecule has 4 aromatic rings. The molecule has 3 aromatic carbocycles. The quantitative estimate of drug-likeness (QED) is 0.301. The highest BCUT2D eigenvalue weighted by Crippen LogP contribution is 2.32. The van der Waals surface area contributed by atoms with Crippen molar-refractivity contribution in [1.29, 1.82) is 0 Å². The first-order chi connectivity index (χ1) is 18.7. The van der Waals surface area contributed by atoms with Crippen LogP contribution < -0.4 is 5.32 Å². The third-order valence-corrected chi connectivity index (χ3v) is 8.60. The molecule has 0 saturated carbocycles. The number of sulfone groups is 1. The van der Waals surface area contributed by atoms with Gasteiger partial charge in [0.25, 0.3) is 5.91 Å². The Morgan fingerprint density at radius 2 is 1.74 bits per heavy atom. The third kappa shape index (κ3) is 5.80. The highest BCUT2D eigenvalue weighted by Gasteiger charge is 2.31. The monoisotopic (exact) mass is 547 g/mol. The summed E-state index contributed by atoms with van der Waals surface area (Å²) in [5.41, 5.74) is 3.87. The molecule has 2 heterocycles. The number of amides is 1. The lowest BCUT2D eigenvalue weighted by molar-refractivity contribution is -0.137. The fraction of sp³-hybridized carbons (Fsp3) is 0.241. The largest absolute Gasteiger partial charge is 0.481 e. The van der Waals surface area contributed by atoms with E-state index in [9.17, 15) is 22.4 Å². The summed E-state index contributed by atoms with van der Waals surface area (Å²) in [7, 11) is -3.38. The van der Waals surface area contributed by atoms with Gasteiger partial charge in [-0.1, -0.05) is 18.2 Å². The number of carboxylic acid groups (broad SMARTS) is 1. The van der Waals surface area contributed by atoms with Gasteiger partial charge in [-0.2, -0.15) is 0 Å². The normalized spacial score (nSPS) is 16.0. The number of carbonyl (C=O) groups excluding carboxylic acids is 1. The van der Waals surface area contributed by atoms with Gasteiger partial charge < -0.3 is 10.4 Å². The molecule has 0 bridgehead atoms. The van der Waals surface area contributed by atoms with Gasteiger partial charge in [0.1, 0.15) is 5.82 Å². The first-order valence-electron chi connectivity index (χ1n) is 12.6. The van der Waals surface area contributed by atoms with Crippen molar-refractivity contribution in [2.24, 2.45) is 0 Å². The van der Waals surface area contributed by atoms with E-state index in [0.717, 1.165) is 0 Å². The second-order valence-corrected chi connectivity index (χ2v) is 11.6. The molecule has 0 fully saturated rings. The van der Waals surface area contributed by atoms with Crippen LogP contribution in [-0.2, 0) is 21.1 Å². The minimum Gasteiger partial charge on any atom is -0.481 e. The van der Waals surface area contributed by atoms with Crippen molar-refractivity contribution in [1.82, 2.24) is 15.3 Å². The van der Waals surface area contributed by atoms with Crippen LogP contribution in [0.2, 0.25) is 0 Å². The van der Waals surface area contributed by atoms with Gasteiger partial charge in [-0.3, -0.25) is 9.59 Å². The molecule has 0 spiro atoms. The fourth-order valence-electron chi connectivity index (χ4n) is 4.80. The molecular formula is C29H26FN3O5S. The second kappa shape index (κ2) is 10.9. The van der Waals surface area contributed by atoms with E-state index in [1.165, 1.54) is 12.1 Å². The minimum absolute atomic E-state index is 0.0445. The lowest BCUT2D eigenvalue weighted by atomic mass is 10.0. The third-order valence-electron chi connectivity index (χ3n) is 6.78. The van der Waals surface area contributed by atoms with Crippen molar-refractivity contribution in [3.05, 3.63) is 89.4 Å². The molecule has 0 aliphatic carbocycles. The van der Waals surface area contributed by atoms with Crippen LogP contribution in [0.5, 0.6) is 0 Å². The van der Waals surface area contributed by atoms with Crippen molar-refractivity contribution < 1.29 is 27.5 Å². The Kier molecular flexibility index (Phi) is 7.38. The molecule has 5 rings (SSSR count). The highest BCUT2D eigenvalue weighted by molar-refractivity contribution is 7.91. The zero-order valence-electron chi connectivity index (χ0n) is 20.9. The smallest absolute Gasteiger partial charge is 0.303 e. The molecule has 39 heavy (non-hydrogen) atoms. The van der Waals surface area contributed by atoms with E-state index in [1.807, 2.05) is 0 Å². The van der Waals surface area contributed by atoms with Gasteiger partial charge in [0.15, 0.2) is 9.84 Å². The summed E-state index contributed by atoms with van der Waals surface area (Å²) in [6.07, 6.45) is 1.83. The van der Waals surface area contributed by atoms with Crippen LogP contribution in [0.15, 0.2) is 71.6 Å². The molecule has 2 N–H and O–H groups in total. The van der Waals surface area contributed by atoms with Gasteiger partial charge >= 0.3 is 5.97 Å². The average Bonchev–Trinajstić information content (AvgIpc) is 2.92. The van der Waals surface area contributed by atoms with E-state index in [1.54, 1.807) is 54.6 Å². The van der Waals surface area contributed by atoms with Gasteiger partial charge in [0, 0.05) is 17.5 Å². The number of aliphatic carboxylic acids is 1. The first-order valence-corrected chi connectivity index (χ1v) is 14.3. The van der Waals surface area contributed by atoms with E-state index in [4.69, 9.17) is 15.1 Å². The van der Waals surface area contributed by atoms with Gasteiger partial charge in [-0.25, -0.2) is 22.8 Å². The van der Waals surface area contributed by atoms with E-state index in [-0.39, 0.29) is 35.2 Å². The van der Waals surface area contributed by atoms with Crippen LogP contribution in [0.1, 0.15) is 53.3 Å². The van der Waals surface area contributed by atoms with Crippen LogP contribution >= 0.6 is 0 Å². The number of carboxylic acids is 1. The topological polar surface area (TPSA) is 126 Å². The molecule has 0 radical (unpaired) electrons. The van der Waals surface area contributed by atoms with Crippen molar-refractivity contribution >= 4 is 32.7 Å². The Morgan fingerprint density at radius 1 is 0.974 bits per heavy atom. The molecule has 1 amide bonds. The lowest BCUT2D eigenvalue weighted by Crippen LogP contribution is -2.33. The highest BCUT2D eigenvalue weighted by atomic mass is 32.2. The summed E-state index contributed by atoms with van der Waals surface area (Å²) in [6.45, 7) is 0. The molecule has 1 aromatic heterocycles. The number of rotatable bonds is 8. The van der Waals surface area contributed by atoms with E-state index < -0.39 is 21.8 Å². The summed E-state index contributed by atoms with van der Waals surface area (Å²) in [6, 6.07) is 17.2. The Morgan fingerprint density at radius 3 is 2.51 bits per heavy atom. The van der Waals surface area contributed by atoms with Crippen LogP contribution in [0.25, 0.3) is 22.3 Å². The number of hydrogen-bond donors (Lipinski definition) is 2. The number of carbonyl (C=O) groups is 2. The number of benzene rings is 3. The summed E-state index contributed by atoms with van der Waals surface area (Å²) < 4.78 is 38.4. The molecule has 0 saturated heterocycles. The van der Waals surface area contributed by atoms with E-state index in [2.05, 4.69) is 5.32 Å². The van der Waals surface area contributed by atoms with Gasteiger partial charge in [-0.15, -0.1) is 0 Å². The molecule has 1 aliphatic heterocycles. The van der Waals surface area contributed by atoms with Crippen LogP contribution in [-0.4, -0.2) is 41.1 Å². The summed E-state index contributed by atoms with van der Waals surface area (Å²) in [5.74, 6) is -1.64. The van der Waals surface area contributed by atoms with E-state index in [0.29, 0.717) is 58.4 Å². The number of halogens is 1. The number of hydrogen-bond acceptors (Lipinski definition) is 6. The predicted molar refractivity (Wildman–Crippen MR) is 143 cm³/mol. The average molecular weight is 548 g/mol. The fourth-order valence-corrected chi connectivity index (χ4v) is 6.42. The van der Waals surface area contributed by atoms with Gasteiger partial charge in [0.2, 0.25) is 0 Å². The minimum atomic E-state index is -3.38. The predicted octanol–water partition coefficient (Wildman–Crippen LogP) is 4.88. The Labute approximate surface area is 224 Å². The molecule has 200 valence electrons. The molecule has 0 unspecified atom stereocenters. The Bertz CT molecular complexity index is 1670. The van der Waals surface area contributed by atoms with Gasteiger partial charge in [0.05, 0.1) is 39.1 Å². The molecule has 8 nitrogen and oxygen atoms in total. The Hall–Kier alpha value is -4.18.